The van der Waals surface area contributed by atoms with Crippen LogP contribution in [0.2, 0.25) is 0 Å². The summed E-state index contributed by atoms with van der Waals surface area (Å²) in [6.45, 7) is 10.2. The van der Waals surface area contributed by atoms with E-state index in [0.29, 0.717) is 6.54 Å². The van der Waals surface area contributed by atoms with Crippen LogP contribution in [0.15, 0.2) is 48.4 Å². The number of nitrogens with one attached hydrogen (secondary N) is 1. The van der Waals surface area contributed by atoms with Gasteiger partial charge in [0.05, 0.1) is 10.9 Å². The standard InChI is InChI=1S/C17H21N3OS/c1-5-9-18-16(21)14(4)22-17-19-10-11-20(17)15-8-6-7-12(2)13(15)3/h5-8,10-11,14H,1,9H2,2-4H3,(H,18,21). The molecule has 2 rings (SSSR count). The van der Waals surface area contributed by atoms with Crippen LogP contribution in [0, 0.1) is 13.8 Å². The minimum absolute atomic E-state index is 0.0135. The lowest BCUT2D eigenvalue weighted by Gasteiger charge is -2.14. The van der Waals surface area contributed by atoms with Crippen LogP contribution < -0.4 is 5.32 Å². The van der Waals surface area contributed by atoms with Gasteiger partial charge in [-0.2, -0.15) is 0 Å². The number of aromatic nitrogens is 2. The van der Waals surface area contributed by atoms with Gasteiger partial charge >= 0.3 is 0 Å². The van der Waals surface area contributed by atoms with Gasteiger partial charge in [-0.15, -0.1) is 6.58 Å². The predicted octanol–water partition coefficient (Wildman–Crippen LogP) is 3.27. The van der Waals surface area contributed by atoms with Crippen molar-refractivity contribution in [1.82, 2.24) is 14.9 Å². The Morgan fingerprint density at radius 3 is 3.00 bits per heavy atom. The van der Waals surface area contributed by atoms with Gasteiger partial charge in [0.2, 0.25) is 5.91 Å². The van der Waals surface area contributed by atoms with Gasteiger partial charge in [0.15, 0.2) is 5.16 Å². The molecular weight excluding hydrogens is 294 g/mol. The molecular formula is C17H21N3OS. The van der Waals surface area contributed by atoms with Crippen molar-refractivity contribution in [2.24, 2.45) is 0 Å². The molecule has 1 N–H and O–H groups in total. The second kappa shape index (κ2) is 7.31. The summed E-state index contributed by atoms with van der Waals surface area (Å²) in [6.07, 6.45) is 5.36. The van der Waals surface area contributed by atoms with Crippen molar-refractivity contribution in [3.8, 4) is 5.69 Å². The molecule has 0 aliphatic carbocycles. The van der Waals surface area contributed by atoms with Gasteiger partial charge in [-0.05, 0) is 38.0 Å². The SMILES string of the molecule is C=CCNC(=O)C(C)Sc1nccn1-c1cccc(C)c1C. The third-order valence-electron chi connectivity index (χ3n) is 3.51. The van der Waals surface area contributed by atoms with Gasteiger partial charge in [-0.3, -0.25) is 9.36 Å². The Labute approximate surface area is 135 Å². The largest absolute Gasteiger partial charge is 0.352 e. The summed E-state index contributed by atoms with van der Waals surface area (Å²) in [7, 11) is 0. The molecule has 2 aromatic rings. The molecule has 4 nitrogen and oxygen atoms in total. The number of nitrogens with zero attached hydrogens (tertiary/aromatic N) is 2. The van der Waals surface area contributed by atoms with E-state index in [1.807, 2.05) is 23.8 Å². The Balaban J connectivity index is 2.21. The first-order valence-electron chi connectivity index (χ1n) is 7.19. The number of rotatable bonds is 6. The first-order chi connectivity index (χ1) is 10.5. The van der Waals surface area contributed by atoms with Crippen molar-refractivity contribution < 1.29 is 4.79 Å². The highest BCUT2D eigenvalue weighted by Gasteiger charge is 2.17. The summed E-state index contributed by atoms with van der Waals surface area (Å²) in [5.41, 5.74) is 3.55. The molecule has 0 saturated heterocycles. The van der Waals surface area contributed by atoms with Crippen molar-refractivity contribution in [2.45, 2.75) is 31.2 Å². The van der Waals surface area contributed by atoms with Crippen LogP contribution >= 0.6 is 11.8 Å². The number of hydrogen-bond acceptors (Lipinski definition) is 3. The lowest BCUT2D eigenvalue weighted by atomic mass is 10.1. The molecule has 22 heavy (non-hydrogen) atoms. The van der Waals surface area contributed by atoms with Gasteiger partial charge in [0.25, 0.3) is 0 Å². The van der Waals surface area contributed by atoms with Crippen LogP contribution in [-0.4, -0.2) is 27.3 Å². The molecule has 0 fully saturated rings. The first kappa shape index (κ1) is 16.4. The average molecular weight is 315 g/mol. The molecule has 116 valence electrons. The van der Waals surface area contributed by atoms with E-state index in [4.69, 9.17) is 0 Å². The van der Waals surface area contributed by atoms with Gasteiger partial charge in [-0.25, -0.2) is 4.98 Å². The maximum atomic E-state index is 12.0. The highest BCUT2D eigenvalue weighted by molar-refractivity contribution is 8.00. The normalized spacial score (nSPS) is 12.0. The summed E-state index contributed by atoms with van der Waals surface area (Å²) in [5, 5.41) is 3.41. The van der Waals surface area contributed by atoms with Crippen LogP contribution in [0.4, 0.5) is 0 Å². The van der Waals surface area contributed by atoms with Gasteiger partial charge < -0.3 is 5.32 Å². The molecule has 0 aliphatic rings. The lowest BCUT2D eigenvalue weighted by Crippen LogP contribution is -2.31. The van der Waals surface area contributed by atoms with E-state index >= 15 is 0 Å². The average Bonchev–Trinajstić information content (AvgIpc) is 2.95. The van der Waals surface area contributed by atoms with Crippen LogP contribution in [0.25, 0.3) is 5.69 Å². The highest BCUT2D eigenvalue weighted by Crippen LogP contribution is 2.26. The molecule has 0 radical (unpaired) electrons. The first-order valence-corrected chi connectivity index (χ1v) is 8.07. The zero-order valence-electron chi connectivity index (χ0n) is 13.2. The number of carbonyl (C=O) groups excluding carboxylic acids is 1. The van der Waals surface area contributed by atoms with Crippen molar-refractivity contribution in [1.29, 1.82) is 0 Å². The number of benzene rings is 1. The minimum atomic E-state index is -0.216. The Morgan fingerprint density at radius 1 is 1.50 bits per heavy atom. The molecule has 0 saturated carbocycles. The molecule has 5 heteroatoms. The zero-order valence-corrected chi connectivity index (χ0v) is 14.0. The monoisotopic (exact) mass is 315 g/mol. The number of thioether (sulfide) groups is 1. The van der Waals surface area contributed by atoms with Crippen LogP contribution in [-0.2, 0) is 4.79 Å². The Bertz CT molecular complexity index is 678. The fourth-order valence-corrected chi connectivity index (χ4v) is 2.99. The van der Waals surface area contributed by atoms with Gasteiger partial charge in [-0.1, -0.05) is 30.0 Å². The molecule has 1 aromatic carbocycles. The Hall–Kier alpha value is -2.01. The predicted molar refractivity (Wildman–Crippen MR) is 91.6 cm³/mol. The van der Waals surface area contributed by atoms with E-state index in [0.717, 1.165) is 10.8 Å². The van der Waals surface area contributed by atoms with Crippen molar-refractivity contribution in [3.05, 3.63) is 54.4 Å². The van der Waals surface area contributed by atoms with E-state index < -0.39 is 0 Å². The molecule has 1 heterocycles. The molecule has 0 bridgehead atoms. The summed E-state index contributed by atoms with van der Waals surface area (Å²) < 4.78 is 2.03. The van der Waals surface area contributed by atoms with Crippen molar-refractivity contribution >= 4 is 17.7 Å². The second-order valence-electron chi connectivity index (χ2n) is 5.09. The minimum Gasteiger partial charge on any atom is -0.352 e. The maximum Gasteiger partial charge on any atom is 0.233 e. The maximum absolute atomic E-state index is 12.0. The van der Waals surface area contributed by atoms with Crippen molar-refractivity contribution in [3.63, 3.8) is 0 Å². The molecule has 1 amide bonds. The molecule has 1 unspecified atom stereocenters. The smallest absolute Gasteiger partial charge is 0.233 e. The van der Waals surface area contributed by atoms with E-state index in [-0.39, 0.29) is 11.2 Å². The third kappa shape index (κ3) is 3.60. The molecule has 1 atom stereocenters. The highest BCUT2D eigenvalue weighted by atomic mass is 32.2. The van der Waals surface area contributed by atoms with E-state index in [9.17, 15) is 4.79 Å². The molecule has 0 aliphatic heterocycles. The van der Waals surface area contributed by atoms with Crippen LogP contribution in [0.1, 0.15) is 18.1 Å². The summed E-state index contributed by atoms with van der Waals surface area (Å²) in [6, 6.07) is 6.19. The van der Waals surface area contributed by atoms with E-state index in [2.05, 4.69) is 42.9 Å². The third-order valence-corrected chi connectivity index (χ3v) is 4.59. The topological polar surface area (TPSA) is 46.9 Å². The Kier molecular flexibility index (Phi) is 5.44. The van der Waals surface area contributed by atoms with Crippen LogP contribution in [0.5, 0.6) is 0 Å². The van der Waals surface area contributed by atoms with Crippen molar-refractivity contribution in [2.75, 3.05) is 6.54 Å². The number of hydrogen-bond donors (Lipinski definition) is 1. The number of aryl methyl sites for hydroxylation is 1. The van der Waals surface area contributed by atoms with E-state index in [1.54, 1.807) is 12.3 Å². The number of carbonyl (C=O) groups is 1. The quantitative estimate of drug-likeness (QED) is 0.657. The Morgan fingerprint density at radius 2 is 2.27 bits per heavy atom. The van der Waals surface area contributed by atoms with Gasteiger partial charge in [0, 0.05) is 18.9 Å². The molecule has 1 aromatic heterocycles. The summed E-state index contributed by atoms with van der Waals surface area (Å²) in [4.78, 5) is 16.4. The second-order valence-corrected chi connectivity index (χ2v) is 6.40. The number of amides is 1. The fourth-order valence-electron chi connectivity index (χ4n) is 2.08. The summed E-state index contributed by atoms with van der Waals surface area (Å²) in [5.74, 6) is -0.0135. The van der Waals surface area contributed by atoms with E-state index in [1.165, 1.54) is 22.9 Å². The van der Waals surface area contributed by atoms with Crippen LogP contribution in [0.3, 0.4) is 0 Å². The fraction of sp³-hybridized carbons (Fsp3) is 0.294. The zero-order chi connectivity index (χ0) is 16.1. The number of imidazole rings is 1. The summed E-state index contributed by atoms with van der Waals surface area (Å²) >= 11 is 1.45. The lowest BCUT2D eigenvalue weighted by molar-refractivity contribution is -0.120. The van der Waals surface area contributed by atoms with Gasteiger partial charge in [0.1, 0.15) is 0 Å². The molecule has 0 spiro atoms.